The SMILES string of the molecule is Cc1cc(N(C)CCN(C)C)c([N+](=O)[O-])cc1Nc1nccc(-c2cn(C)c3cc(C4=NC(C)N=C4)ccc23)n1. The maximum Gasteiger partial charge on any atom is 0.294 e. The highest BCUT2D eigenvalue weighted by atomic mass is 16.6. The van der Waals surface area contributed by atoms with Gasteiger partial charge in [0.15, 0.2) is 0 Å². The van der Waals surface area contributed by atoms with Crippen LogP contribution >= 0.6 is 0 Å². The number of nitrogens with zero attached hydrogens (tertiary/aromatic N) is 8. The molecule has 0 radical (unpaired) electrons. The molecule has 1 atom stereocenters. The monoisotopic (exact) mass is 539 g/mol. The number of hydrogen-bond acceptors (Lipinski definition) is 9. The third-order valence-electron chi connectivity index (χ3n) is 7.02. The minimum atomic E-state index is -0.350. The summed E-state index contributed by atoms with van der Waals surface area (Å²) in [5.41, 5.74) is 6.71. The van der Waals surface area contributed by atoms with Crippen LogP contribution in [-0.2, 0) is 7.05 Å². The molecule has 1 aliphatic rings. The maximum absolute atomic E-state index is 12.0. The van der Waals surface area contributed by atoms with Gasteiger partial charge in [0.25, 0.3) is 5.69 Å². The summed E-state index contributed by atoms with van der Waals surface area (Å²) in [6.07, 6.45) is 5.50. The van der Waals surface area contributed by atoms with Gasteiger partial charge in [-0.3, -0.25) is 20.1 Å². The normalized spacial score (nSPS) is 14.7. The zero-order chi connectivity index (χ0) is 28.6. The van der Waals surface area contributed by atoms with Crippen LogP contribution in [-0.4, -0.2) is 76.7 Å². The van der Waals surface area contributed by atoms with E-state index in [1.807, 2.05) is 76.4 Å². The Kier molecular flexibility index (Phi) is 7.31. The van der Waals surface area contributed by atoms with Gasteiger partial charge >= 0.3 is 0 Å². The minimum Gasteiger partial charge on any atom is -0.368 e. The lowest BCUT2D eigenvalue weighted by Crippen LogP contribution is -2.29. The number of fused-ring (bicyclic) bond motifs is 1. The second kappa shape index (κ2) is 10.9. The van der Waals surface area contributed by atoms with Gasteiger partial charge in [0.2, 0.25) is 5.95 Å². The quantitative estimate of drug-likeness (QED) is 0.240. The maximum atomic E-state index is 12.0. The molecule has 206 valence electrons. The molecule has 5 rings (SSSR count). The molecule has 40 heavy (non-hydrogen) atoms. The van der Waals surface area contributed by atoms with E-state index < -0.39 is 0 Å². The second-order valence-corrected chi connectivity index (χ2v) is 10.3. The molecule has 2 aromatic carbocycles. The minimum absolute atomic E-state index is 0.0293. The van der Waals surface area contributed by atoms with Gasteiger partial charge in [0, 0.05) is 73.9 Å². The van der Waals surface area contributed by atoms with Crippen molar-refractivity contribution in [3.63, 3.8) is 0 Å². The highest BCUT2D eigenvalue weighted by Crippen LogP contribution is 2.35. The molecular weight excluding hydrogens is 506 g/mol. The molecule has 0 saturated heterocycles. The number of aromatic nitrogens is 3. The average Bonchev–Trinajstić information content (AvgIpc) is 3.51. The molecule has 0 spiro atoms. The largest absolute Gasteiger partial charge is 0.368 e. The van der Waals surface area contributed by atoms with Crippen molar-refractivity contribution in [1.29, 1.82) is 0 Å². The van der Waals surface area contributed by atoms with Gasteiger partial charge in [0.1, 0.15) is 11.9 Å². The molecule has 1 N–H and O–H groups in total. The van der Waals surface area contributed by atoms with E-state index in [0.29, 0.717) is 23.9 Å². The lowest BCUT2D eigenvalue weighted by molar-refractivity contribution is -0.384. The molecule has 4 aromatic rings. The topological polar surface area (TPSA) is 117 Å². The molecule has 0 fully saturated rings. The van der Waals surface area contributed by atoms with E-state index in [0.717, 1.165) is 45.5 Å². The fraction of sp³-hybridized carbons (Fsp3) is 0.310. The van der Waals surface area contributed by atoms with Crippen LogP contribution in [0.1, 0.15) is 18.1 Å². The Morgan fingerprint density at radius 3 is 2.62 bits per heavy atom. The number of anilines is 3. The Balaban J connectivity index is 1.45. The van der Waals surface area contributed by atoms with Gasteiger partial charge in [-0.2, -0.15) is 0 Å². The number of benzene rings is 2. The molecule has 3 heterocycles. The highest BCUT2D eigenvalue weighted by Gasteiger charge is 2.21. The number of aryl methyl sites for hydroxylation is 2. The van der Waals surface area contributed by atoms with Crippen molar-refractivity contribution in [2.45, 2.75) is 20.0 Å². The van der Waals surface area contributed by atoms with Crippen LogP contribution in [0.3, 0.4) is 0 Å². The Morgan fingerprint density at radius 2 is 1.93 bits per heavy atom. The summed E-state index contributed by atoms with van der Waals surface area (Å²) in [4.78, 5) is 33.6. The first kappa shape index (κ1) is 26.9. The van der Waals surface area contributed by atoms with Crippen molar-refractivity contribution in [2.24, 2.45) is 17.0 Å². The Hall–Kier alpha value is -4.64. The summed E-state index contributed by atoms with van der Waals surface area (Å²) in [6, 6.07) is 11.5. The van der Waals surface area contributed by atoms with Gasteiger partial charge in [-0.25, -0.2) is 9.97 Å². The van der Waals surface area contributed by atoms with E-state index in [1.165, 1.54) is 0 Å². The van der Waals surface area contributed by atoms with Gasteiger partial charge in [-0.15, -0.1) is 0 Å². The summed E-state index contributed by atoms with van der Waals surface area (Å²) < 4.78 is 2.07. The van der Waals surface area contributed by atoms with Crippen molar-refractivity contribution in [1.82, 2.24) is 19.4 Å². The van der Waals surface area contributed by atoms with Crippen LogP contribution in [0.5, 0.6) is 0 Å². The van der Waals surface area contributed by atoms with Crippen LogP contribution in [0.15, 0.2) is 58.8 Å². The first-order valence-electron chi connectivity index (χ1n) is 13.1. The zero-order valence-corrected chi connectivity index (χ0v) is 23.6. The fourth-order valence-electron chi connectivity index (χ4n) is 4.77. The Bertz CT molecular complexity index is 1660. The molecule has 11 nitrogen and oxygen atoms in total. The molecule has 1 unspecified atom stereocenters. The standard InChI is InChI=1S/C29H33N9O2/c1-18-13-27(36(5)12-11-35(3)4)28(38(39)40)15-24(18)34-29-30-10-9-23(33-29)22-17-37(6)26-14-20(7-8-21(22)26)25-16-31-19(2)32-25/h7-10,13-17,19H,11-12H2,1-6H3,(H,30,33,34). The number of aliphatic imine (C=N–C) groups is 2. The molecule has 0 bridgehead atoms. The van der Waals surface area contributed by atoms with E-state index in [9.17, 15) is 10.1 Å². The third-order valence-corrected chi connectivity index (χ3v) is 7.02. The molecular formula is C29H33N9O2. The summed E-state index contributed by atoms with van der Waals surface area (Å²) in [5.74, 6) is 0.364. The summed E-state index contributed by atoms with van der Waals surface area (Å²) in [6.45, 7) is 5.33. The Labute approximate surface area is 233 Å². The van der Waals surface area contributed by atoms with Crippen molar-refractivity contribution in [2.75, 3.05) is 44.4 Å². The number of nitrogens with one attached hydrogen (secondary N) is 1. The summed E-state index contributed by atoms with van der Waals surface area (Å²) in [5, 5.41) is 16.2. The molecule has 0 aliphatic carbocycles. The van der Waals surface area contributed by atoms with Gasteiger partial charge in [-0.1, -0.05) is 12.1 Å². The molecule has 1 aliphatic heterocycles. The number of likely N-dealkylation sites (N-methyl/N-ethyl adjacent to an activating group) is 2. The van der Waals surface area contributed by atoms with Crippen LogP contribution < -0.4 is 10.2 Å². The first-order valence-corrected chi connectivity index (χ1v) is 13.1. The summed E-state index contributed by atoms with van der Waals surface area (Å²) >= 11 is 0. The van der Waals surface area contributed by atoms with E-state index >= 15 is 0 Å². The van der Waals surface area contributed by atoms with Crippen molar-refractivity contribution < 1.29 is 4.92 Å². The van der Waals surface area contributed by atoms with Crippen LogP contribution in [0.4, 0.5) is 23.0 Å². The van der Waals surface area contributed by atoms with Crippen LogP contribution in [0, 0.1) is 17.0 Å². The Morgan fingerprint density at radius 1 is 1.12 bits per heavy atom. The predicted octanol–water partition coefficient (Wildman–Crippen LogP) is 4.81. The lowest BCUT2D eigenvalue weighted by Gasteiger charge is -2.22. The van der Waals surface area contributed by atoms with Gasteiger partial charge in [0.05, 0.1) is 22.0 Å². The fourth-order valence-corrected chi connectivity index (χ4v) is 4.77. The molecule has 0 saturated carbocycles. The van der Waals surface area contributed by atoms with Gasteiger partial charge < -0.3 is 19.7 Å². The van der Waals surface area contributed by atoms with E-state index in [4.69, 9.17) is 4.98 Å². The van der Waals surface area contributed by atoms with Crippen molar-refractivity contribution >= 4 is 45.8 Å². The molecule has 0 amide bonds. The number of hydrogen-bond donors (Lipinski definition) is 1. The predicted molar refractivity (Wildman–Crippen MR) is 161 cm³/mol. The number of nitro benzene ring substituents is 1. The average molecular weight is 540 g/mol. The van der Waals surface area contributed by atoms with Gasteiger partial charge in [-0.05, 0) is 51.7 Å². The van der Waals surface area contributed by atoms with E-state index in [-0.39, 0.29) is 16.8 Å². The molecule has 2 aromatic heterocycles. The van der Waals surface area contributed by atoms with Crippen LogP contribution in [0.25, 0.3) is 22.2 Å². The van der Waals surface area contributed by atoms with Crippen molar-refractivity contribution in [3.05, 3.63) is 70.0 Å². The first-order chi connectivity index (χ1) is 19.1. The number of nitro groups is 1. The van der Waals surface area contributed by atoms with Crippen molar-refractivity contribution in [3.8, 4) is 11.3 Å². The highest BCUT2D eigenvalue weighted by molar-refractivity contribution is 6.39. The molecule has 11 heteroatoms. The lowest BCUT2D eigenvalue weighted by atomic mass is 10.1. The number of rotatable bonds is 9. The zero-order valence-electron chi connectivity index (χ0n) is 23.6. The third kappa shape index (κ3) is 5.41. The van der Waals surface area contributed by atoms with E-state index in [2.05, 4.69) is 43.1 Å². The summed E-state index contributed by atoms with van der Waals surface area (Å²) in [7, 11) is 7.83. The van der Waals surface area contributed by atoms with Crippen LogP contribution in [0.2, 0.25) is 0 Å². The second-order valence-electron chi connectivity index (χ2n) is 10.3. The smallest absolute Gasteiger partial charge is 0.294 e. The van der Waals surface area contributed by atoms with E-state index in [1.54, 1.807) is 12.3 Å².